The molecule has 0 fully saturated rings. The molecule has 0 aliphatic rings. The van der Waals surface area contributed by atoms with E-state index < -0.39 is 11.8 Å². The lowest BCUT2D eigenvalue weighted by atomic mass is 10.3. The van der Waals surface area contributed by atoms with Gasteiger partial charge < -0.3 is 10.8 Å². The van der Waals surface area contributed by atoms with Crippen molar-refractivity contribution < 1.29 is 9.90 Å². The van der Waals surface area contributed by atoms with E-state index in [0.717, 1.165) is 11.3 Å². The van der Waals surface area contributed by atoms with Gasteiger partial charge in [0.25, 0.3) is 11.8 Å². The Bertz CT molecular complexity index is 1050. The van der Waals surface area contributed by atoms with Gasteiger partial charge in [0.2, 0.25) is 5.00 Å². The zero-order valence-electron chi connectivity index (χ0n) is 14.0. The first-order valence-corrected chi connectivity index (χ1v) is 9.26. The topological polar surface area (TPSA) is 125 Å². The molecule has 0 atom stereocenters. The molecule has 0 aliphatic heterocycles. The number of amides is 1. The fourth-order valence-electron chi connectivity index (χ4n) is 1.93. The van der Waals surface area contributed by atoms with E-state index in [-0.39, 0.29) is 15.7 Å². The number of hydrogen-bond acceptors (Lipinski definition) is 8. The van der Waals surface area contributed by atoms with Gasteiger partial charge in [-0.15, -0.1) is 10.2 Å². The minimum absolute atomic E-state index is 0.0940. The molecule has 0 spiro atoms. The number of nitrogens with two attached hydrogens (primary N) is 1. The van der Waals surface area contributed by atoms with E-state index >= 15 is 0 Å². The maximum absolute atomic E-state index is 11.8. The van der Waals surface area contributed by atoms with Crippen LogP contribution in [0.5, 0.6) is 5.88 Å². The van der Waals surface area contributed by atoms with Gasteiger partial charge in [0, 0.05) is 10.0 Å². The average Bonchev–Trinajstić information content (AvgIpc) is 3.03. The first-order valence-electron chi connectivity index (χ1n) is 7.69. The Balaban J connectivity index is 1.83. The number of nitrogens with one attached hydrogen (secondary N) is 1. The Hall–Kier alpha value is -3.01. The van der Waals surface area contributed by atoms with E-state index in [0.29, 0.717) is 21.4 Å². The Morgan fingerprint density at radius 1 is 1.04 bits per heavy atom. The number of aromatic hydroxyl groups is 1. The second-order valence-corrected chi connectivity index (χ2v) is 7.12. The summed E-state index contributed by atoms with van der Waals surface area (Å²) in [4.78, 5) is 15.6. The van der Waals surface area contributed by atoms with E-state index in [1.54, 1.807) is 48.5 Å². The number of halogens is 2. The summed E-state index contributed by atoms with van der Waals surface area (Å²) >= 11 is 12.6. The minimum Gasteiger partial charge on any atom is -0.491 e. The highest BCUT2D eigenvalue weighted by atomic mass is 35.5. The molecule has 11 heteroatoms. The van der Waals surface area contributed by atoms with Gasteiger partial charge in [-0.3, -0.25) is 10.2 Å². The van der Waals surface area contributed by atoms with Crippen LogP contribution < -0.4 is 11.2 Å². The number of thiazole rings is 1. The van der Waals surface area contributed by atoms with Crippen molar-refractivity contribution in [1.29, 1.82) is 0 Å². The summed E-state index contributed by atoms with van der Waals surface area (Å²) in [5, 5.41) is 23.2. The number of hydrogen-bond donors (Lipinski definition) is 3. The monoisotopic (exact) mass is 434 g/mol. The molecule has 3 rings (SSSR count). The van der Waals surface area contributed by atoms with Crippen molar-refractivity contribution in [1.82, 2.24) is 4.98 Å². The molecule has 142 valence electrons. The summed E-state index contributed by atoms with van der Waals surface area (Å²) in [6, 6.07) is 13.3. The second kappa shape index (κ2) is 8.79. The summed E-state index contributed by atoms with van der Waals surface area (Å²) in [6.07, 6.45) is 0. The van der Waals surface area contributed by atoms with Gasteiger partial charge in [-0.2, -0.15) is 10.1 Å². The number of primary amides is 1. The highest BCUT2D eigenvalue weighted by Gasteiger charge is 2.19. The Kier molecular flexibility index (Phi) is 6.19. The fraction of sp³-hybridized carbons (Fsp3) is 0. The number of azo groups is 1. The van der Waals surface area contributed by atoms with Gasteiger partial charge in [0.1, 0.15) is 0 Å². The normalized spacial score (nSPS) is 11.7. The molecule has 0 bridgehead atoms. The molecule has 0 radical (unpaired) electrons. The number of benzene rings is 2. The van der Waals surface area contributed by atoms with Crippen LogP contribution in [-0.2, 0) is 4.79 Å². The molecule has 1 aromatic heterocycles. The number of carbonyl (C=O) groups excluding carboxylic acids is 1. The largest absolute Gasteiger partial charge is 0.491 e. The first kappa shape index (κ1) is 19.7. The third-order valence-corrected chi connectivity index (χ3v) is 4.69. The lowest BCUT2D eigenvalue weighted by molar-refractivity contribution is -0.111. The standard InChI is InChI=1S/C17H12Cl2N6O2S/c18-9-1-5-11(6-2-9)22-24-13(14(20)26)16-21-15(27)17(28-16)25-23-12-7-3-10(19)4-8-12/h1-8,22,27H,(H2,20,26)/b24-13-,25-23?. The predicted molar refractivity (Wildman–Crippen MR) is 110 cm³/mol. The lowest BCUT2D eigenvalue weighted by Crippen LogP contribution is -2.25. The van der Waals surface area contributed by atoms with Gasteiger partial charge in [-0.05, 0) is 48.5 Å². The Morgan fingerprint density at radius 3 is 2.25 bits per heavy atom. The van der Waals surface area contributed by atoms with Gasteiger partial charge >= 0.3 is 0 Å². The molecule has 4 N–H and O–H groups in total. The van der Waals surface area contributed by atoms with E-state index in [2.05, 4.69) is 25.7 Å². The van der Waals surface area contributed by atoms with Crippen LogP contribution in [-0.4, -0.2) is 21.7 Å². The van der Waals surface area contributed by atoms with E-state index in [1.807, 2.05) is 0 Å². The molecule has 3 aromatic rings. The average molecular weight is 435 g/mol. The lowest BCUT2D eigenvalue weighted by Gasteiger charge is -2.02. The van der Waals surface area contributed by atoms with Crippen molar-refractivity contribution in [3.05, 3.63) is 63.6 Å². The van der Waals surface area contributed by atoms with Gasteiger partial charge in [-0.25, -0.2) is 0 Å². The zero-order valence-corrected chi connectivity index (χ0v) is 16.3. The molecular weight excluding hydrogens is 423 g/mol. The van der Waals surface area contributed by atoms with Crippen molar-refractivity contribution in [2.75, 3.05) is 5.43 Å². The summed E-state index contributed by atoms with van der Waals surface area (Å²) in [7, 11) is 0. The van der Waals surface area contributed by atoms with Crippen LogP contribution in [0.3, 0.4) is 0 Å². The summed E-state index contributed by atoms with van der Waals surface area (Å²) in [6.45, 7) is 0. The van der Waals surface area contributed by atoms with Crippen LogP contribution in [0.1, 0.15) is 5.01 Å². The number of anilines is 1. The maximum atomic E-state index is 11.8. The minimum atomic E-state index is -0.823. The molecule has 0 aliphatic carbocycles. The van der Waals surface area contributed by atoms with Crippen molar-refractivity contribution >= 4 is 62.5 Å². The van der Waals surface area contributed by atoms with Crippen LogP contribution in [0, 0.1) is 0 Å². The molecule has 1 heterocycles. The van der Waals surface area contributed by atoms with E-state index in [9.17, 15) is 9.90 Å². The molecule has 1 amide bonds. The SMILES string of the molecule is NC(=O)/C(=N/Nc1ccc(Cl)cc1)c1nc(O)c(N=Nc2ccc(Cl)cc2)s1. The van der Waals surface area contributed by atoms with Gasteiger partial charge in [0.05, 0.1) is 11.4 Å². The smallest absolute Gasteiger partial charge is 0.272 e. The number of carbonyl (C=O) groups is 1. The van der Waals surface area contributed by atoms with Crippen LogP contribution in [0.25, 0.3) is 0 Å². The molecule has 0 unspecified atom stereocenters. The molecule has 0 saturated carbocycles. The summed E-state index contributed by atoms with van der Waals surface area (Å²) in [5.74, 6) is -1.21. The van der Waals surface area contributed by atoms with Gasteiger partial charge in [0.15, 0.2) is 10.7 Å². The van der Waals surface area contributed by atoms with E-state index in [4.69, 9.17) is 28.9 Å². The Labute approximate surface area is 173 Å². The van der Waals surface area contributed by atoms with Crippen molar-refractivity contribution in [3.8, 4) is 5.88 Å². The van der Waals surface area contributed by atoms with Crippen molar-refractivity contribution in [3.63, 3.8) is 0 Å². The van der Waals surface area contributed by atoms with Crippen LogP contribution in [0.4, 0.5) is 16.4 Å². The zero-order chi connectivity index (χ0) is 20.1. The number of rotatable bonds is 6. The first-order chi connectivity index (χ1) is 13.4. The molecular formula is C17H12Cl2N6O2S. The molecule has 2 aromatic carbocycles. The fourth-order valence-corrected chi connectivity index (χ4v) is 2.96. The quantitative estimate of drug-likeness (QED) is 0.290. The van der Waals surface area contributed by atoms with Crippen molar-refractivity contribution in [2.24, 2.45) is 21.1 Å². The van der Waals surface area contributed by atoms with Gasteiger partial charge in [-0.1, -0.05) is 34.5 Å². The molecule has 28 heavy (non-hydrogen) atoms. The van der Waals surface area contributed by atoms with Crippen LogP contribution >= 0.6 is 34.5 Å². The number of hydrazone groups is 1. The summed E-state index contributed by atoms with van der Waals surface area (Å²) in [5.41, 5.74) is 9.03. The highest BCUT2D eigenvalue weighted by Crippen LogP contribution is 2.35. The molecule has 8 nitrogen and oxygen atoms in total. The molecule has 0 saturated heterocycles. The van der Waals surface area contributed by atoms with Crippen molar-refractivity contribution in [2.45, 2.75) is 0 Å². The predicted octanol–water partition coefficient (Wildman–Crippen LogP) is 4.87. The van der Waals surface area contributed by atoms with Crippen LogP contribution in [0.15, 0.2) is 63.9 Å². The summed E-state index contributed by atoms with van der Waals surface area (Å²) < 4.78 is 0. The third kappa shape index (κ3) is 5.03. The van der Waals surface area contributed by atoms with Crippen LogP contribution in [0.2, 0.25) is 10.0 Å². The van der Waals surface area contributed by atoms with E-state index in [1.165, 1.54) is 0 Å². The highest BCUT2D eigenvalue weighted by molar-refractivity contribution is 7.18. The second-order valence-electron chi connectivity index (χ2n) is 5.27. The Morgan fingerprint density at radius 2 is 1.64 bits per heavy atom. The maximum Gasteiger partial charge on any atom is 0.272 e. The number of aromatic nitrogens is 1. The number of nitrogens with zero attached hydrogens (tertiary/aromatic N) is 4. The third-order valence-electron chi connectivity index (χ3n) is 3.25.